The number of benzene rings is 1. The summed E-state index contributed by atoms with van der Waals surface area (Å²) in [5.74, 6) is -0.428. The van der Waals surface area contributed by atoms with Gasteiger partial charge in [0.2, 0.25) is 5.91 Å². The van der Waals surface area contributed by atoms with E-state index in [0.29, 0.717) is 5.69 Å². The van der Waals surface area contributed by atoms with Gasteiger partial charge in [-0.25, -0.2) is 13.4 Å². The molecule has 1 heterocycles. The highest BCUT2D eigenvalue weighted by Gasteiger charge is 2.24. The van der Waals surface area contributed by atoms with Gasteiger partial charge >= 0.3 is 0 Å². The molecule has 0 atom stereocenters. The van der Waals surface area contributed by atoms with Gasteiger partial charge in [-0.15, -0.1) is 0 Å². The number of anilines is 1. The fraction of sp³-hybridized carbons (Fsp3) is 0.167. The number of amides is 1. The molecule has 0 aliphatic rings. The van der Waals surface area contributed by atoms with Crippen molar-refractivity contribution >= 4 is 37.5 Å². The molecular weight excluding hydrogens is 360 g/mol. The van der Waals surface area contributed by atoms with E-state index in [1.807, 2.05) is 0 Å². The smallest absolute Gasteiger partial charge is 0.260 e. The lowest BCUT2D eigenvalue weighted by molar-refractivity contribution is -0.116. The lowest BCUT2D eigenvalue weighted by atomic mass is 10.3. The number of aromatic amines is 1. The zero-order chi connectivity index (χ0) is 15.5. The molecule has 1 aromatic carbocycles. The Morgan fingerprint density at radius 2 is 2.05 bits per heavy atom. The molecule has 0 bridgehead atoms. The molecule has 21 heavy (non-hydrogen) atoms. The summed E-state index contributed by atoms with van der Waals surface area (Å²) >= 11 is 3.29. The summed E-state index contributed by atoms with van der Waals surface area (Å²) in [4.78, 5) is 18.0. The minimum absolute atomic E-state index is 0.0542. The highest BCUT2D eigenvalue weighted by Crippen LogP contribution is 2.14. The number of hydrogen-bond donors (Lipinski definition) is 2. The van der Waals surface area contributed by atoms with E-state index in [1.54, 1.807) is 24.3 Å². The second kappa shape index (κ2) is 6.37. The molecule has 0 saturated carbocycles. The summed E-state index contributed by atoms with van der Waals surface area (Å²) in [6.07, 6.45) is 2.46. The van der Waals surface area contributed by atoms with E-state index in [1.165, 1.54) is 19.6 Å². The van der Waals surface area contributed by atoms with E-state index in [4.69, 9.17) is 0 Å². The topological polar surface area (TPSA) is 95.2 Å². The number of aromatic nitrogens is 2. The monoisotopic (exact) mass is 372 g/mol. The number of hydrogen-bond acceptors (Lipinski definition) is 4. The molecule has 0 aliphatic carbocycles. The van der Waals surface area contributed by atoms with Crippen molar-refractivity contribution in [1.29, 1.82) is 0 Å². The summed E-state index contributed by atoms with van der Waals surface area (Å²) in [6, 6.07) is 6.98. The number of imidazole rings is 1. The number of rotatable bonds is 5. The maximum Gasteiger partial charge on any atom is 0.260 e. The van der Waals surface area contributed by atoms with Crippen molar-refractivity contribution < 1.29 is 13.2 Å². The van der Waals surface area contributed by atoms with E-state index in [0.717, 1.165) is 8.78 Å². The number of likely N-dealkylation sites (N-methyl/N-ethyl adjacent to an activating group) is 1. The number of nitrogens with zero attached hydrogens (tertiary/aromatic N) is 2. The molecule has 2 N–H and O–H groups in total. The lowest BCUT2D eigenvalue weighted by Gasteiger charge is -2.15. The number of sulfonamides is 1. The molecule has 0 unspecified atom stereocenters. The molecule has 1 aromatic heterocycles. The van der Waals surface area contributed by atoms with Crippen LogP contribution in [0.3, 0.4) is 0 Å². The largest absolute Gasteiger partial charge is 0.335 e. The van der Waals surface area contributed by atoms with Gasteiger partial charge in [0.15, 0.2) is 5.03 Å². The van der Waals surface area contributed by atoms with Gasteiger partial charge in [-0.3, -0.25) is 4.79 Å². The molecule has 0 fully saturated rings. The predicted octanol–water partition coefficient (Wildman–Crippen LogP) is 1.43. The van der Waals surface area contributed by atoms with Crippen LogP contribution >= 0.6 is 15.9 Å². The third kappa shape index (κ3) is 3.90. The summed E-state index contributed by atoms with van der Waals surface area (Å²) in [5, 5.41) is 2.57. The van der Waals surface area contributed by atoms with Gasteiger partial charge in [0.1, 0.15) is 0 Å². The zero-order valence-corrected chi connectivity index (χ0v) is 13.5. The minimum atomic E-state index is -3.74. The molecule has 112 valence electrons. The Kier molecular flexibility index (Phi) is 4.76. The van der Waals surface area contributed by atoms with Gasteiger partial charge in [-0.1, -0.05) is 15.9 Å². The molecular formula is C12H13BrN4O3S. The minimum Gasteiger partial charge on any atom is -0.335 e. The van der Waals surface area contributed by atoms with Crippen molar-refractivity contribution in [3.63, 3.8) is 0 Å². The van der Waals surface area contributed by atoms with Crippen LogP contribution in [0.1, 0.15) is 0 Å². The van der Waals surface area contributed by atoms with Crippen LogP contribution < -0.4 is 5.32 Å². The molecule has 1 amide bonds. The third-order valence-electron chi connectivity index (χ3n) is 2.66. The van der Waals surface area contributed by atoms with Crippen LogP contribution in [0, 0.1) is 0 Å². The normalized spacial score (nSPS) is 11.6. The third-order valence-corrected chi connectivity index (χ3v) is 4.91. The van der Waals surface area contributed by atoms with Gasteiger partial charge in [0.05, 0.1) is 19.1 Å². The molecule has 0 radical (unpaired) electrons. The van der Waals surface area contributed by atoms with Gasteiger partial charge < -0.3 is 10.3 Å². The molecule has 2 aromatic rings. The predicted molar refractivity (Wildman–Crippen MR) is 81.2 cm³/mol. The van der Waals surface area contributed by atoms with E-state index in [-0.39, 0.29) is 11.6 Å². The molecule has 0 spiro atoms. The number of halogens is 1. The Labute approximate surface area is 130 Å². The van der Waals surface area contributed by atoms with E-state index in [2.05, 4.69) is 31.2 Å². The van der Waals surface area contributed by atoms with Crippen molar-refractivity contribution in [2.45, 2.75) is 5.03 Å². The zero-order valence-electron chi connectivity index (χ0n) is 11.1. The molecule has 9 heteroatoms. The van der Waals surface area contributed by atoms with Crippen LogP contribution in [0.2, 0.25) is 0 Å². The SMILES string of the molecule is CN(CC(=O)Nc1ccc(Br)cc1)S(=O)(=O)c1cnc[nH]1. The summed E-state index contributed by atoms with van der Waals surface area (Å²) < 4.78 is 26.0. The van der Waals surface area contributed by atoms with Crippen molar-refractivity contribution in [3.05, 3.63) is 41.3 Å². The van der Waals surface area contributed by atoms with Crippen LogP contribution in [0.4, 0.5) is 5.69 Å². The first-order valence-electron chi connectivity index (χ1n) is 5.90. The molecule has 0 aliphatic heterocycles. The molecule has 2 rings (SSSR count). The first-order valence-corrected chi connectivity index (χ1v) is 8.13. The Hall–Kier alpha value is -1.71. The Bertz CT molecular complexity index is 713. The number of H-pyrrole nitrogens is 1. The van der Waals surface area contributed by atoms with Crippen molar-refractivity contribution in [1.82, 2.24) is 14.3 Å². The molecule has 0 saturated heterocycles. The van der Waals surface area contributed by atoms with Crippen molar-refractivity contribution in [3.8, 4) is 0 Å². The number of carbonyl (C=O) groups is 1. The second-order valence-corrected chi connectivity index (χ2v) is 7.16. The summed E-state index contributed by atoms with van der Waals surface area (Å²) in [7, 11) is -2.41. The van der Waals surface area contributed by atoms with E-state index in [9.17, 15) is 13.2 Å². The van der Waals surface area contributed by atoms with Crippen LogP contribution in [0.15, 0.2) is 46.3 Å². The van der Waals surface area contributed by atoms with E-state index < -0.39 is 15.9 Å². The Morgan fingerprint density at radius 1 is 1.38 bits per heavy atom. The average Bonchev–Trinajstić information content (AvgIpc) is 2.96. The maximum atomic E-state index is 12.1. The summed E-state index contributed by atoms with van der Waals surface area (Å²) in [5.41, 5.74) is 0.593. The molecule has 7 nitrogen and oxygen atoms in total. The van der Waals surface area contributed by atoms with Gasteiger partial charge in [0, 0.05) is 17.2 Å². The highest BCUT2D eigenvalue weighted by molar-refractivity contribution is 9.10. The van der Waals surface area contributed by atoms with Crippen LogP contribution in [0.5, 0.6) is 0 Å². The standard InChI is InChI=1S/C12H13BrN4O3S/c1-17(21(19,20)12-6-14-8-15-12)7-11(18)16-10-4-2-9(13)3-5-10/h2-6,8H,7H2,1H3,(H,14,15)(H,16,18). The highest BCUT2D eigenvalue weighted by atomic mass is 79.9. The number of carbonyl (C=O) groups excluding carboxylic acids is 1. The first-order chi connectivity index (χ1) is 9.89. The first kappa shape index (κ1) is 15.7. The van der Waals surface area contributed by atoms with Gasteiger partial charge in [-0.05, 0) is 24.3 Å². The average molecular weight is 373 g/mol. The second-order valence-electron chi connectivity index (χ2n) is 4.23. The van der Waals surface area contributed by atoms with Crippen LogP contribution in [-0.4, -0.2) is 42.2 Å². The maximum absolute atomic E-state index is 12.1. The van der Waals surface area contributed by atoms with Crippen LogP contribution in [-0.2, 0) is 14.8 Å². The van der Waals surface area contributed by atoms with Gasteiger partial charge in [0.25, 0.3) is 10.0 Å². The van der Waals surface area contributed by atoms with Crippen LogP contribution in [0.25, 0.3) is 0 Å². The quantitative estimate of drug-likeness (QED) is 0.829. The lowest BCUT2D eigenvalue weighted by Crippen LogP contribution is -2.35. The Morgan fingerprint density at radius 3 is 2.62 bits per heavy atom. The van der Waals surface area contributed by atoms with E-state index >= 15 is 0 Å². The Balaban J connectivity index is 2.01. The van der Waals surface area contributed by atoms with Gasteiger partial charge in [-0.2, -0.15) is 4.31 Å². The fourth-order valence-electron chi connectivity index (χ4n) is 1.57. The van der Waals surface area contributed by atoms with Crippen molar-refractivity contribution in [2.24, 2.45) is 0 Å². The fourth-order valence-corrected chi connectivity index (χ4v) is 2.86. The number of nitrogens with one attached hydrogen (secondary N) is 2. The summed E-state index contributed by atoms with van der Waals surface area (Å²) in [6.45, 7) is -0.294. The van der Waals surface area contributed by atoms with Crippen molar-refractivity contribution in [2.75, 3.05) is 18.9 Å².